The van der Waals surface area contributed by atoms with E-state index in [0.29, 0.717) is 55.6 Å². The van der Waals surface area contributed by atoms with E-state index in [1.807, 2.05) is 9.80 Å². The Kier molecular flexibility index (Phi) is 9.97. The number of halogens is 8. The largest absolute Gasteiger partial charge is 0.461 e. The zero-order valence-corrected chi connectivity index (χ0v) is 30.0. The van der Waals surface area contributed by atoms with Crippen molar-refractivity contribution < 1.29 is 45.4 Å². The number of fused-ring (bicyclic) bond motifs is 3. The summed E-state index contributed by atoms with van der Waals surface area (Å²) in [5.74, 6) is -1.57. The molecule has 0 radical (unpaired) electrons. The Morgan fingerprint density at radius 3 is 2.66 bits per heavy atom. The SMILES string of the molecule is CON(C)C(=O)c1nn2c(c1Cl)CN(c1nc(OCC34CCCN3CC(=C(F)F)C4)nc3c1COC(c1c(F)c(N)cc(Cl)c1C(F)(F)F)C3)CCC2. The van der Waals surface area contributed by atoms with Crippen molar-refractivity contribution in [3.05, 3.63) is 67.4 Å². The number of carbonyl (C=O) groups is 1. The molecule has 0 saturated carbocycles. The van der Waals surface area contributed by atoms with Crippen LogP contribution in [0.2, 0.25) is 10.0 Å². The Hall–Kier alpha value is -3.84. The molecular formula is C33H34Cl2F6N8O4. The number of carbonyl (C=O) groups excluding carboxylic acids is 1. The van der Waals surface area contributed by atoms with E-state index in [-0.39, 0.29) is 67.1 Å². The van der Waals surface area contributed by atoms with Gasteiger partial charge >= 0.3 is 12.2 Å². The maximum Gasteiger partial charge on any atom is 0.418 e. The molecule has 4 aliphatic rings. The minimum absolute atomic E-state index is 0.0221. The van der Waals surface area contributed by atoms with E-state index in [1.54, 1.807) is 4.68 Å². The van der Waals surface area contributed by atoms with Crippen LogP contribution in [0.3, 0.4) is 0 Å². The van der Waals surface area contributed by atoms with Crippen LogP contribution in [0.1, 0.15) is 70.4 Å². The highest BCUT2D eigenvalue weighted by Crippen LogP contribution is 2.47. The second-order valence-corrected chi connectivity index (χ2v) is 14.3. The summed E-state index contributed by atoms with van der Waals surface area (Å²) in [5, 5.41) is 4.73. The van der Waals surface area contributed by atoms with E-state index in [0.717, 1.165) is 11.5 Å². The van der Waals surface area contributed by atoms with Crippen LogP contribution in [-0.4, -0.2) is 81.6 Å². The average Bonchev–Trinajstić information content (AvgIpc) is 3.71. The third-order valence-corrected chi connectivity index (χ3v) is 11.0. The number of nitrogen functional groups attached to an aromatic ring is 1. The summed E-state index contributed by atoms with van der Waals surface area (Å²) in [7, 11) is 2.74. The summed E-state index contributed by atoms with van der Waals surface area (Å²) in [6.45, 7) is 1.25. The Morgan fingerprint density at radius 1 is 1.17 bits per heavy atom. The molecule has 2 aromatic heterocycles. The number of alkyl halides is 3. The molecule has 2 N–H and O–H groups in total. The predicted molar refractivity (Wildman–Crippen MR) is 179 cm³/mol. The number of hydroxylamine groups is 2. The zero-order chi connectivity index (χ0) is 38.0. The van der Waals surface area contributed by atoms with Crippen LogP contribution in [0, 0.1) is 5.82 Å². The number of ether oxygens (including phenoxy) is 2. The molecule has 20 heteroatoms. The van der Waals surface area contributed by atoms with Gasteiger partial charge in [-0.25, -0.2) is 9.45 Å². The minimum Gasteiger partial charge on any atom is -0.461 e. The molecular weight excluding hydrogens is 757 g/mol. The van der Waals surface area contributed by atoms with Gasteiger partial charge in [-0.05, 0) is 38.3 Å². The highest BCUT2D eigenvalue weighted by Gasteiger charge is 2.49. The van der Waals surface area contributed by atoms with Crippen LogP contribution >= 0.6 is 23.2 Å². The first-order valence-electron chi connectivity index (χ1n) is 16.7. The molecule has 2 unspecified atom stereocenters. The maximum absolute atomic E-state index is 15.5. The fraction of sp³-hybridized carbons (Fsp3) is 0.515. The van der Waals surface area contributed by atoms with E-state index in [4.69, 9.17) is 48.2 Å². The van der Waals surface area contributed by atoms with Crippen molar-refractivity contribution in [2.24, 2.45) is 0 Å². The average molecular weight is 792 g/mol. The van der Waals surface area contributed by atoms with E-state index in [9.17, 15) is 26.7 Å². The molecule has 6 heterocycles. The van der Waals surface area contributed by atoms with Crippen molar-refractivity contribution in [3.63, 3.8) is 0 Å². The van der Waals surface area contributed by atoms with E-state index < -0.39 is 57.5 Å². The van der Waals surface area contributed by atoms with Crippen LogP contribution < -0.4 is 15.4 Å². The number of nitrogens with two attached hydrogens (primary N) is 1. The Morgan fingerprint density at radius 2 is 1.94 bits per heavy atom. The molecule has 12 nitrogen and oxygen atoms in total. The fourth-order valence-electron chi connectivity index (χ4n) is 7.69. The monoisotopic (exact) mass is 790 g/mol. The summed E-state index contributed by atoms with van der Waals surface area (Å²) >= 11 is 12.7. The molecule has 0 bridgehead atoms. The number of aromatic nitrogens is 4. The Labute approximate surface area is 309 Å². The van der Waals surface area contributed by atoms with Gasteiger partial charge in [-0.15, -0.1) is 0 Å². The molecule has 286 valence electrons. The summed E-state index contributed by atoms with van der Waals surface area (Å²) < 4.78 is 99.4. The maximum atomic E-state index is 15.5. The van der Waals surface area contributed by atoms with E-state index in [1.165, 1.54) is 14.2 Å². The Bertz CT molecular complexity index is 1990. The first-order valence-corrected chi connectivity index (χ1v) is 17.5. The van der Waals surface area contributed by atoms with Gasteiger partial charge in [0.1, 0.15) is 12.4 Å². The molecule has 1 aromatic carbocycles. The summed E-state index contributed by atoms with van der Waals surface area (Å²) in [6, 6.07) is 0.556. The van der Waals surface area contributed by atoms with Crippen molar-refractivity contribution in [2.45, 2.75) is 69.6 Å². The van der Waals surface area contributed by atoms with Crippen LogP contribution in [0.15, 0.2) is 17.7 Å². The van der Waals surface area contributed by atoms with Crippen molar-refractivity contribution in [3.8, 4) is 6.01 Å². The summed E-state index contributed by atoms with van der Waals surface area (Å²) in [5.41, 5.74) is 3.31. The molecule has 0 spiro atoms. The summed E-state index contributed by atoms with van der Waals surface area (Å²) in [4.78, 5) is 31.0. The molecule has 2 saturated heterocycles. The van der Waals surface area contributed by atoms with Gasteiger partial charge in [0, 0.05) is 49.8 Å². The lowest BCUT2D eigenvalue weighted by molar-refractivity contribution is -0.140. The van der Waals surface area contributed by atoms with Gasteiger partial charge in [0.2, 0.25) is 0 Å². The molecule has 0 aliphatic carbocycles. The summed E-state index contributed by atoms with van der Waals surface area (Å²) in [6.07, 6.45) is -6.60. The lowest BCUT2D eigenvalue weighted by atomic mass is 9.93. The van der Waals surface area contributed by atoms with Crippen molar-refractivity contribution in [2.75, 3.05) is 51.0 Å². The molecule has 3 aromatic rings. The molecule has 7 rings (SSSR count). The second-order valence-electron chi connectivity index (χ2n) is 13.5. The van der Waals surface area contributed by atoms with Gasteiger partial charge in [0.15, 0.2) is 11.5 Å². The van der Waals surface area contributed by atoms with Crippen LogP contribution in [0.5, 0.6) is 6.01 Å². The molecule has 4 aliphatic heterocycles. The van der Waals surface area contributed by atoms with Gasteiger partial charge in [0.05, 0.1) is 64.6 Å². The first kappa shape index (κ1) is 37.5. The van der Waals surface area contributed by atoms with Gasteiger partial charge in [-0.1, -0.05) is 23.2 Å². The number of hydrogen-bond acceptors (Lipinski definition) is 10. The first-order chi connectivity index (χ1) is 25.1. The van der Waals surface area contributed by atoms with Crippen molar-refractivity contribution in [1.82, 2.24) is 29.7 Å². The molecule has 2 fully saturated rings. The van der Waals surface area contributed by atoms with Crippen LogP contribution in [-0.2, 0) is 41.9 Å². The number of aryl methyl sites for hydroxylation is 1. The number of hydrogen-bond donors (Lipinski definition) is 1. The standard InChI is InChI=1S/C33H34Cl2F6N8O4/c1-46(51-2)30(50)27-25(35)21-13-47(6-4-8-49(21)45-27)29-17-14-52-22(23-24(33(39,40)41)18(34)9-19(42)26(23)36)10-20(17)43-31(44-29)53-15-32-5-3-7-48(32)12-16(11-32)28(37)38/h9,22H,3-8,10-15,42H2,1-2H3. The van der Waals surface area contributed by atoms with Gasteiger partial charge < -0.3 is 20.1 Å². The van der Waals surface area contributed by atoms with Crippen LogP contribution in [0.4, 0.5) is 37.8 Å². The number of nitrogens with zero attached hydrogens (tertiary/aromatic N) is 7. The second kappa shape index (κ2) is 14.1. The molecule has 2 atom stereocenters. The molecule has 53 heavy (non-hydrogen) atoms. The predicted octanol–water partition coefficient (Wildman–Crippen LogP) is 6.35. The third-order valence-electron chi connectivity index (χ3n) is 10.3. The number of rotatable bonds is 7. The lowest BCUT2D eigenvalue weighted by Crippen LogP contribution is -2.43. The topological polar surface area (TPSA) is 124 Å². The van der Waals surface area contributed by atoms with Gasteiger partial charge in [-0.2, -0.15) is 37.0 Å². The van der Waals surface area contributed by atoms with E-state index in [2.05, 4.69) is 10.1 Å². The van der Waals surface area contributed by atoms with Crippen LogP contribution in [0.25, 0.3) is 0 Å². The van der Waals surface area contributed by atoms with Gasteiger partial charge in [0.25, 0.3) is 12.0 Å². The highest BCUT2D eigenvalue weighted by atomic mass is 35.5. The molecule has 1 amide bonds. The van der Waals surface area contributed by atoms with Gasteiger partial charge in [-0.3, -0.25) is 19.2 Å². The fourth-order valence-corrected chi connectivity index (χ4v) is 8.30. The van der Waals surface area contributed by atoms with E-state index >= 15 is 4.39 Å². The lowest BCUT2D eigenvalue weighted by Gasteiger charge is -2.33. The quantitative estimate of drug-likeness (QED) is 0.165. The normalized spacial score (nSPS) is 21.7. The number of benzene rings is 1. The third kappa shape index (κ3) is 6.77. The van der Waals surface area contributed by atoms with Crippen molar-refractivity contribution in [1.29, 1.82) is 0 Å². The smallest absolute Gasteiger partial charge is 0.418 e. The number of amides is 1. The zero-order valence-electron chi connectivity index (χ0n) is 28.5. The van der Waals surface area contributed by atoms with Crippen molar-refractivity contribution >= 4 is 40.6 Å². The Balaban J connectivity index is 1.28. The number of anilines is 2. The highest BCUT2D eigenvalue weighted by molar-refractivity contribution is 6.34. The minimum atomic E-state index is -5.04.